The lowest BCUT2D eigenvalue weighted by atomic mass is 9.98. The molecule has 14 nitrogen and oxygen atoms in total. The fourth-order valence-electron chi connectivity index (χ4n) is 7.55. The molecule has 0 spiro atoms. The Balaban J connectivity index is 0.956. The first-order valence-corrected chi connectivity index (χ1v) is 18.1. The Morgan fingerprint density at radius 3 is 2.47 bits per heavy atom. The second-order valence-electron chi connectivity index (χ2n) is 13.8. The molecule has 3 aliphatic rings. The Bertz CT molecular complexity index is 2270. The summed E-state index contributed by atoms with van der Waals surface area (Å²) in [5.41, 5.74) is 4.67. The highest BCUT2D eigenvalue weighted by atomic mass is 16.3. The van der Waals surface area contributed by atoms with Gasteiger partial charge in [-0.15, -0.1) is 6.58 Å². The summed E-state index contributed by atoms with van der Waals surface area (Å²) in [4.78, 5) is 56.0. The third kappa shape index (κ3) is 6.50. The molecule has 2 saturated heterocycles. The Morgan fingerprint density at radius 1 is 0.962 bits per heavy atom. The molecule has 0 radical (unpaired) electrons. The molecule has 0 saturated carbocycles. The zero-order valence-electron chi connectivity index (χ0n) is 29.6. The number of nitrogens with zero attached hydrogens (tertiary/aromatic N) is 7. The maximum Gasteiger partial charge on any atom is 0.278 e. The molecular weight excluding hydrogens is 672 g/mol. The third-order valence-electron chi connectivity index (χ3n) is 10.6. The summed E-state index contributed by atoms with van der Waals surface area (Å²) >= 11 is 0. The molecule has 4 N–H and O–H groups in total. The standard InChI is InChI=1S/C39H42N10O4/c1-3-18-48-37(52)30-24-40-38(45-35(30)49(48)32-14-8-25-16-17-39(53,4-2)34(25)43-32)42-26-9-11-28(12-10-26)46-19-21-47(22-20-46)29-7-5-6-27(23-29)41-31-13-15-33(50)44-36(31)51/h3,5-12,14,23-24,31,41,53H,1,4,13,15-22H2,2H3,(H,40,42,45)(H,44,50,51)/t31?,39-/m1/s1. The van der Waals surface area contributed by atoms with Gasteiger partial charge in [0.1, 0.15) is 17.0 Å². The second kappa shape index (κ2) is 13.8. The molecule has 1 unspecified atom stereocenters. The number of fused-ring (bicyclic) bond motifs is 2. The summed E-state index contributed by atoms with van der Waals surface area (Å²) in [6.45, 7) is 9.38. The highest BCUT2D eigenvalue weighted by Crippen LogP contribution is 2.38. The number of benzene rings is 2. The van der Waals surface area contributed by atoms with Crippen LogP contribution in [0.25, 0.3) is 16.9 Å². The van der Waals surface area contributed by atoms with Gasteiger partial charge < -0.3 is 25.5 Å². The molecule has 2 aromatic carbocycles. The number of aryl methyl sites for hydroxylation is 1. The number of aromatic nitrogens is 5. The normalized spacial score (nSPS) is 20.0. The number of rotatable bonds is 10. The molecule has 2 amide bonds. The van der Waals surface area contributed by atoms with E-state index in [0.717, 1.165) is 60.9 Å². The van der Waals surface area contributed by atoms with Crippen molar-refractivity contribution in [3.63, 3.8) is 0 Å². The molecule has 3 aromatic heterocycles. The van der Waals surface area contributed by atoms with E-state index in [1.807, 2.05) is 43.3 Å². The van der Waals surface area contributed by atoms with E-state index in [2.05, 4.69) is 61.6 Å². The van der Waals surface area contributed by atoms with E-state index in [-0.39, 0.29) is 23.9 Å². The van der Waals surface area contributed by atoms with Crippen molar-refractivity contribution >= 4 is 51.5 Å². The molecule has 1 aliphatic carbocycles. The maximum absolute atomic E-state index is 13.5. The number of allylic oxidation sites excluding steroid dienone is 1. The number of hydrogen-bond donors (Lipinski definition) is 4. The summed E-state index contributed by atoms with van der Waals surface area (Å²) in [6, 6.07) is 19.6. The lowest BCUT2D eigenvalue weighted by molar-refractivity contribution is -0.133. The third-order valence-corrected chi connectivity index (χ3v) is 10.6. The fraction of sp³-hybridized carbons (Fsp3) is 0.333. The molecule has 5 heterocycles. The Labute approximate surface area is 306 Å². The van der Waals surface area contributed by atoms with E-state index < -0.39 is 11.6 Å². The van der Waals surface area contributed by atoms with Gasteiger partial charge in [0, 0.05) is 61.5 Å². The average Bonchev–Trinajstić information content (AvgIpc) is 3.66. The van der Waals surface area contributed by atoms with Gasteiger partial charge in [0.25, 0.3) is 5.56 Å². The van der Waals surface area contributed by atoms with Crippen LogP contribution in [0.1, 0.15) is 43.9 Å². The Morgan fingerprint density at radius 2 is 1.74 bits per heavy atom. The zero-order valence-corrected chi connectivity index (χ0v) is 29.6. The quantitative estimate of drug-likeness (QED) is 0.122. The van der Waals surface area contributed by atoms with Gasteiger partial charge in [-0.3, -0.25) is 19.7 Å². The van der Waals surface area contributed by atoms with Gasteiger partial charge in [-0.25, -0.2) is 19.3 Å². The number of carbonyl (C=O) groups excluding carboxylic acids is 2. The van der Waals surface area contributed by atoms with Gasteiger partial charge in [0.2, 0.25) is 17.8 Å². The molecule has 2 fully saturated rings. The predicted octanol–water partition coefficient (Wildman–Crippen LogP) is 3.99. The van der Waals surface area contributed by atoms with Crippen molar-refractivity contribution in [1.29, 1.82) is 0 Å². The van der Waals surface area contributed by atoms with Crippen molar-refractivity contribution < 1.29 is 14.7 Å². The number of carbonyl (C=O) groups is 2. The van der Waals surface area contributed by atoms with Crippen LogP contribution in [0.5, 0.6) is 0 Å². The van der Waals surface area contributed by atoms with E-state index in [4.69, 9.17) is 9.97 Å². The topological polar surface area (TPSA) is 163 Å². The first-order chi connectivity index (χ1) is 25.7. The number of imide groups is 1. The smallest absolute Gasteiger partial charge is 0.278 e. The van der Waals surface area contributed by atoms with Crippen LogP contribution < -0.4 is 31.3 Å². The summed E-state index contributed by atoms with van der Waals surface area (Å²) in [7, 11) is 0. The van der Waals surface area contributed by atoms with Gasteiger partial charge in [-0.2, -0.15) is 4.98 Å². The highest BCUT2D eigenvalue weighted by molar-refractivity contribution is 6.01. The molecule has 2 aliphatic heterocycles. The van der Waals surface area contributed by atoms with Gasteiger partial charge in [0.05, 0.1) is 12.2 Å². The summed E-state index contributed by atoms with van der Waals surface area (Å²) in [6.07, 6.45) is 5.93. The Hall–Kier alpha value is -6.02. The average molecular weight is 715 g/mol. The number of anilines is 5. The van der Waals surface area contributed by atoms with Crippen molar-refractivity contribution in [3.05, 3.63) is 101 Å². The number of aliphatic hydroxyl groups is 1. The monoisotopic (exact) mass is 714 g/mol. The van der Waals surface area contributed by atoms with Crippen molar-refractivity contribution in [1.82, 2.24) is 29.6 Å². The van der Waals surface area contributed by atoms with Crippen molar-refractivity contribution in [2.45, 2.75) is 57.2 Å². The molecule has 0 bridgehead atoms. The van der Waals surface area contributed by atoms with Crippen LogP contribution in [0.15, 0.2) is 84.3 Å². The minimum absolute atomic E-state index is 0.225. The number of piperidine rings is 1. The van der Waals surface area contributed by atoms with E-state index in [1.54, 1.807) is 10.8 Å². The minimum atomic E-state index is -0.996. The lowest BCUT2D eigenvalue weighted by Gasteiger charge is -2.37. The zero-order chi connectivity index (χ0) is 36.7. The molecular formula is C39H42N10O4. The van der Waals surface area contributed by atoms with E-state index in [0.29, 0.717) is 54.2 Å². The molecule has 14 heteroatoms. The van der Waals surface area contributed by atoms with Gasteiger partial charge >= 0.3 is 0 Å². The van der Waals surface area contributed by atoms with Gasteiger partial charge in [-0.1, -0.05) is 25.1 Å². The first kappa shape index (κ1) is 34.1. The lowest BCUT2D eigenvalue weighted by Crippen LogP contribution is -2.47. The number of nitrogens with one attached hydrogen (secondary N) is 3. The van der Waals surface area contributed by atoms with Crippen LogP contribution in [0.4, 0.5) is 28.7 Å². The van der Waals surface area contributed by atoms with Crippen LogP contribution in [0, 0.1) is 0 Å². The highest BCUT2D eigenvalue weighted by Gasteiger charge is 2.37. The number of piperazine rings is 1. The Kier molecular flexibility index (Phi) is 8.90. The van der Waals surface area contributed by atoms with Crippen LogP contribution in [0.2, 0.25) is 0 Å². The van der Waals surface area contributed by atoms with Crippen molar-refractivity contribution in [2.75, 3.05) is 46.6 Å². The molecule has 53 heavy (non-hydrogen) atoms. The van der Waals surface area contributed by atoms with E-state index >= 15 is 0 Å². The minimum Gasteiger partial charge on any atom is -0.384 e. The molecule has 2 atom stereocenters. The van der Waals surface area contributed by atoms with E-state index in [1.165, 1.54) is 10.9 Å². The number of hydrogen-bond acceptors (Lipinski definition) is 11. The summed E-state index contributed by atoms with van der Waals surface area (Å²) in [5.74, 6) is 0.328. The molecule has 5 aromatic rings. The second-order valence-corrected chi connectivity index (χ2v) is 13.8. The molecule has 272 valence electrons. The van der Waals surface area contributed by atoms with Crippen molar-refractivity contribution in [3.8, 4) is 5.82 Å². The number of pyridine rings is 1. The van der Waals surface area contributed by atoms with Crippen LogP contribution in [-0.2, 0) is 28.2 Å². The summed E-state index contributed by atoms with van der Waals surface area (Å²) in [5, 5.41) is 20.6. The van der Waals surface area contributed by atoms with Crippen LogP contribution in [0.3, 0.4) is 0 Å². The van der Waals surface area contributed by atoms with Crippen LogP contribution >= 0.6 is 0 Å². The summed E-state index contributed by atoms with van der Waals surface area (Å²) < 4.78 is 3.23. The predicted molar refractivity (Wildman–Crippen MR) is 204 cm³/mol. The van der Waals surface area contributed by atoms with Gasteiger partial charge in [-0.05, 0) is 79.8 Å². The van der Waals surface area contributed by atoms with Crippen LogP contribution in [-0.4, -0.2) is 73.5 Å². The maximum atomic E-state index is 13.5. The van der Waals surface area contributed by atoms with Crippen molar-refractivity contribution in [2.24, 2.45) is 0 Å². The fourth-order valence-corrected chi connectivity index (χ4v) is 7.55. The number of amides is 2. The van der Waals surface area contributed by atoms with E-state index in [9.17, 15) is 19.5 Å². The first-order valence-electron chi connectivity index (χ1n) is 18.1. The SMILES string of the molecule is C=CCn1c(=O)c2cnc(Nc3ccc(N4CCN(c5cccc(NC6CCC(=O)NC6=O)c5)CC4)cc3)nc2n1-c1ccc2c(n1)[C@@](O)(CC)CC2. The molecule has 8 rings (SSSR count). The largest absolute Gasteiger partial charge is 0.384 e. The van der Waals surface area contributed by atoms with Gasteiger partial charge in [0.15, 0.2) is 11.5 Å².